The van der Waals surface area contributed by atoms with Gasteiger partial charge in [-0.2, -0.15) is 0 Å². The molecule has 15 heavy (non-hydrogen) atoms. The van der Waals surface area contributed by atoms with Gasteiger partial charge in [0.1, 0.15) is 6.61 Å². The van der Waals surface area contributed by atoms with E-state index in [0.717, 1.165) is 24.8 Å². The van der Waals surface area contributed by atoms with Crippen LogP contribution in [0.25, 0.3) is 0 Å². The zero-order valence-corrected chi connectivity index (χ0v) is 9.08. The molecule has 0 saturated carbocycles. The number of ether oxygens (including phenoxy) is 1. The number of hydrogen-bond acceptors (Lipinski definition) is 2. The van der Waals surface area contributed by atoms with Crippen molar-refractivity contribution in [2.24, 2.45) is 5.73 Å². The number of primary amides is 1. The minimum Gasteiger partial charge on any atom is -0.372 e. The molecule has 0 aliphatic heterocycles. The number of carbonyl (C=O) groups is 1. The molecular weight excluding hydrogens is 190 g/mol. The first-order chi connectivity index (χ1) is 7.16. The van der Waals surface area contributed by atoms with Crippen LogP contribution in [0.2, 0.25) is 0 Å². The number of nitrogens with two attached hydrogens (primary N) is 1. The SMILES string of the molecule is C=C/C=C\C(=C)CCCCOCC(N)=O. The van der Waals surface area contributed by atoms with Crippen LogP contribution < -0.4 is 5.73 Å². The second-order valence-electron chi connectivity index (χ2n) is 3.23. The summed E-state index contributed by atoms with van der Waals surface area (Å²) in [5, 5.41) is 0. The molecule has 0 spiro atoms. The average Bonchev–Trinajstić information content (AvgIpc) is 2.19. The molecule has 2 N–H and O–H groups in total. The van der Waals surface area contributed by atoms with Crippen molar-refractivity contribution in [2.45, 2.75) is 19.3 Å². The van der Waals surface area contributed by atoms with Crippen LogP contribution in [-0.2, 0) is 9.53 Å². The van der Waals surface area contributed by atoms with Gasteiger partial charge in [-0.05, 0) is 19.3 Å². The standard InChI is InChI=1S/C12H19NO2/c1-3-4-7-11(2)8-5-6-9-15-10-12(13)14/h3-4,7H,1-2,5-6,8-10H2,(H2,13,14)/b7-4-. The maximum absolute atomic E-state index is 10.3. The maximum Gasteiger partial charge on any atom is 0.243 e. The summed E-state index contributed by atoms with van der Waals surface area (Å²) < 4.78 is 5.02. The first-order valence-corrected chi connectivity index (χ1v) is 4.99. The number of allylic oxidation sites excluding steroid dienone is 4. The molecule has 0 aliphatic carbocycles. The highest BCUT2D eigenvalue weighted by atomic mass is 16.5. The van der Waals surface area contributed by atoms with Crippen LogP contribution in [0.15, 0.2) is 37.0 Å². The highest BCUT2D eigenvalue weighted by Crippen LogP contribution is 2.06. The molecule has 0 heterocycles. The second-order valence-corrected chi connectivity index (χ2v) is 3.23. The Kier molecular flexibility index (Phi) is 8.39. The summed E-state index contributed by atoms with van der Waals surface area (Å²) in [7, 11) is 0. The fourth-order valence-electron chi connectivity index (χ4n) is 1.02. The van der Waals surface area contributed by atoms with Crippen LogP contribution in [0.4, 0.5) is 0 Å². The third-order valence-corrected chi connectivity index (χ3v) is 1.75. The number of carbonyl (C=O) groups excluding carboxylic acids is 1. The molecule has 0 aliphatic rings. The summed E-state index contributed by atoms with van der Waals surface area (Å²) in [6.45, 7) is 8.05. The molecule has 0 aromatic rings. The third kappa shape index (κ3) is 10.6. The van der Waals surface area contributed by atoms with E-state index in [-0.39, 0.29) is 6.61 Å². The Hall–Kier alpha value is -1.35. The average molecular weight is 209 g/mol. The number of unbranched alkanes of at least 4 members (excludes halogenated alkanes) is 1. The fraction of sp³-hybridized carbons (Fsp3) is 0.417. The highest BCUT2D eigenvalue weighted by molar-refractivity contribution is 5.74. The Labute approximate surface area is 91.3 Å². The van der Waals surface area contributed by atoms with Gasteiger partial charge in [-0.15, -0.1) is 0 Å². The molecular formula is C12H19NO2. The Morgan fingerprint density at radius 2 is 2.13 bits per heavy atom. The van der Waals surface area contributed by atoms with Crippen LogP contribution in [0, 0.1) is 0 Å². The summed E-state index contributed by atoms with van der Waals surface area (Å²) in [5.41, 5.74) is 5.99. The fourth-order valence-corrected chi connectivity index (χ4v) is 1.02. The van der Waals surface area contributed by atoms with Gasteiger partial charge in [-0.3, -0.25) is 4.79 Å². The van der Waals surface area contributed by atoms with Crippen molar-refractivity contribution in [1.29, 1.82) is 0 Å². The maximum atomic E-state index is 10.3. The minimum absolute atomic E-state index is 0.0112. The van der Waals surface area contributed by atoms with E-state index in [1.807, 2.05) is 12.2 Å². The Morgan fingerprint density at radius 1 is 1.40 bits per heavy atom. The van der Waals surface area contributed by atoms with E-state index in [2.05, 4.69) is 13.2 Å². The highest BCUT2D eigenvalue weighted by Gasteiger charge is 1.94. The van der Waals surface area contributed by atoms with Gasteiger partial charge in [0.2, 0.25) is 5.91 Å². The van der Waals surface area contributed by atoms with E-state index < -0.39 is 5.91 Å². The summed E-state index contributed by atoms with van der Waals surface area (Å²) >= 11 is 0. The Morgan fingerprint density at radius 3 is 2.73 bits per heavy atom. The monoisotopic (exact) mass is 209 g/mol. The smallest absolute Gasteiger partial charge is 0.243 e. The van der Waals surface area contributed by atoms with Gasteiger partial charge >= 0.3 is 0 Å². The van der Waals surface area contributed by atoms with Crippen LogP contribution in [0.3, 0.4) is 0 Å². The lowest BCUT2D eigenvalue weighted by Crippen LogP contribution is -2.18. The Bertz CT molecular complexity index is 244. The lowest BCUT2D eigenvalue weighted by atomic mass is 10.1. The van der Waals surface area contributed by atoms with E-state index >= 15 is 0 Å². The lowest BCUT2D eigenvalue weighted by Gasteiger charge is -2.02. The first-order valence-electron chi connectivity index (χ1n) is 4.99. The van der Waals surface area contributed by atoms with Crippen LogP contribution in [0.5, 0.6) is 0 Å². The van der Waals surface area contributed by atoms with Crippen molar-refractivity contribution >= 4 is 5.91 Å². The Balaban J connectivity index is 3.31. The van der Waals surface area contributed by atoms with Gasteiger partial charge in [-0.1, -0.05) is 37.0 Å². The summed E-state index contributed by atoms with van der Waals surface area (Å²) in [6.07, 6.45) is 8.38. The predicted octanol–water partition coefficient (Wildman–Crippen LogP) is 1.96. The van der Waals surface area contributed by atoms with Gasteiger partial charge in [-0.25, -0.2) is 0 Å². The van der Waals surface area contributed by atoms with Crippen molar-refractivity contribution in [2.75, 3.05) is 13.2 Å². The van der Waals surface area contributed by atoms with Crippen molar-refractivity contribution in [3.05, 3.63) is 37.0 Å². The number of hydrogen-bond donors (Lipinski definition) is 1. The molecule has 0 unspecified atom stereocenters. The summed E-state index contributed by atoms with van der Waals surface area (Å²) in [4.78, 5) is 10.3. The van der Waals surface area contributed by atoms with Crippen molar-refractivity contribution in [3.8, 4) is 0 Å². The molecule has 0 aromatic carbocycles. The molecule has 0 bridgehead atoms. The van der Waals surface area contributed by atoms with E-state index in [4.69, 9.17) is 10.5 Å². The van der Waals surface area contributed by atoms with Gasteiger partial charge in [0.05, 0.1) is 0 Å². The van der Waals surface area contributed by atoms with E-state index in [9.17, 15) is 4.79 Å². The van der Waals surface area contributed by atoms with Crippen LogP contribution in [-0.4, -0.2) is 19.1 Å². The topological polar surface area (TPSA) is 52.3 Å². The summed E-state index contributed by atoms with van der Waals surface area (Å²) in [5.74, 6) is -0.423. The van der Waals surface area contributed by atoms with Gasteiger partial charge in [0.15, 0.2) is 0 Å². The van der Waals surface area contributed by atoms with Crippen LogP contribution >= 0.6 is 0 Å². The largest absolute Gasteiger partial charge is 0.372 e. The molecule has 0 fully saturated rings. The lowest BCUT2D eigenvalue weighted by molar-refractivity contribution is -0.122. The molecule has 0 radical (unpaired) electrons. The third-order valence-electron chi connectivity index (χ3n) is 1.75. The first kappa shape index (κ1) is 13.7. The molecule has 3 nitrogen and oxygen atoms in total. The van der Waals surface area contributed by atoms with Gasteiger partial charge < -0.3 is 10.5 Å². The predicted molar refractivity (Wildman–Crippen MR) is 62.3 cm³/mol. The van der Waals surface area contributed by atoms with Crippen LogP contribution in [0.1, 0.15) is 19.3 Å². The van der Waals surface area contributed by atoms with Crippen molar-refractivity contribution in [3.63, 3.8) is 0 Å². The van der Waals surface area contributed by atoms with Gasteiger partial charge in [0.25, 0.3) is 0 Å². The quantitative estimate of drug-likeness (QED) is 0.466. The second kappa shape index (κ2) is 9.21. The molecule has 0 aromatic heterocycles. The van der Waals surface area contributed by atoms with E-state index in [1.54, 1.807) is 6.08 Å². The molecule has 0 saturated heterocycles. The zero-order chi connectivity index (χ0) is 11.5. The van der Waals surface area contributed by atoms with E-state index in [0.29, 0.717) is 6.61 Å². The molecule has 0 rings (SSSR count). The van der Waals surface area contributed by atoms with Crippen molar-refractivity contribution < 1.29 is 9.53 Å². The van der Waals surface area contributed by atoms with Crippen molar-refractivity contribution in [1.82, 2.24) is 0 Å². The minimum atomic E-state index is -0.423. The zero-order valence-electron chi connectivity index (χ0n) is 9.08. The normalized spacial score (nSPS) is 10.4. The van der Waals surface area contributed by atoms with Gasteiger partial charge in [0, 0.05) is 6.61 Å². The molecule has 1 amide bonds. The van der Waals surface area contributed by atoms with E-state index in [1.165, 1.54) is 0 Å². The molecule has 0 atom stereocenters. The number of rotatable bonds is 9. The molecule has 3 heteroatoms. The summed E-state index contributed by atoms with van der Waals surface area (Å²) in [6, 6.07) is 0. The number of amides is 1. The molecule has 84 valence electrons.